The molecule has 0 spiro atoms. The van der Waals surface area contributed by atoms with Crippen LogP contribution in [0.15, 0.2) is 24.3 Å². The first-order valence-corrected chi connectivity index (χ1v) is 4.93. The normalized spacial score (nSPS) is 13.2. The van der Waals surface area contributed by atoms with Crippen LogP contribution in [0, 0.1) is 0 Å². The molecule has 0 bridgehead atoms. The number of amides is 1. The van der Waals surface area contributed by atoms with Crippen molar-refractivity contribution in [3.63, 3.8) is 0 Å². The summed E-state index contributed by atoms with van der Waals surface area (Å²) in [7, 11) is 0. The zero-order valence-corrected chi connectivity index (χ0v) is 9.08. The fourth-order valence-electron chi connectivity index (χ4n) is 1.16. The third-order valence-corrected chi connectivity index (χ3v) is 2.13. The van der Waals surface area contributed by atoms with Crippen LogP contribution in [-0.2, 0) is 6.18 Å². The molecule has 2 N–H and O–H groups in total. The van der Waals surface area contributed by atoms with E-state index in [2.05, 4.69) is 5.32 Å². The lowest BCUT2D eigenvalue weighted by atomic mass is 10.1. The van der Waals surface area contributed by atoms with Gasteiger partial charge >= 0.3 is 6.18 Å². The van der Waals surface area contributed by atoms with Gasteiger partial charge in [0.05, 0.1) is 12.2 Å². The van der Waals surface area contributed by atoms with E-state index in [0.717, 1.165) is 24.3 Å². The Morgan fingerprint density at radius 2 is 1.88 bits per heavy atom. The molecule has 0 saturated heterocycles. The highest BCUT2D eigenvalue weighted by atomic mass is 19.4. The Morgan fingerprint density at radius 1 is 1.35 bits per heavy atom. The monoisotopic (exact) mass is 247 g/mol. The van der Waals surface area contributed by atoms with Gasteiger partial charge < -0.3 is 10.4 Å². The van der Waals surface area contributed by atoms with E-state index in [1.807, 2.05) is 0 Å². The van der Waals surface area contributed by atoms with Crippen LogP contribution in [0.4, 0.5) is 13.2 Å². The van der Waals surface area contributed by atoms with Crippen molar-refractivity contribution in [2.24, 2.45) is 0 Å². The first-order chi connectivity index (χ1) is 7.84. The molecule has 1 aromatic rings. The van der Waals surface area contributed by atoms with Gasteiger partial charge in [-0.3, -0.25) is 4.79 Å². The Hall–Kier alpha value is -1.56. The summed E-state index contributed by atoms with van der Waals surface area (Å²) in [4.78, 5) is 11.5. The van der Waals surface area contributed by atoms with Gasteiger partial charge in [0.25, 0.3) is 5.91 Å². The minimum Gasteiger partial charge on any atom is -0.394 e. The van der Waals surface area contributed by atoms with Crippen LogP contribution in [0.25, 0.3) is 0 Å². The van der Waals surface area contributed by atoms with Crippen LogP contribution in [0.3, 0.4) is 0 Å². The Bertz CT molecular complexity index is 387. The molecule has 6 heteroatoms. The maximum absolute atomic E-state index is 12.3. The van der Waals surface area contributed by atoms with Crippen molar-refractivity contribution < 1.29 is 23.1 Å². The number of rotatable bonds is 3. The van der Waals surface area contributed by atoms with E-state index in [-0.39, 0.29) is 12.2 Å². The summed E-state index contributed by atoms with van der Waals surface area (Å²) in [5, 5.41) is 11.2. The molecule has 17 heavy (non-hydrogen) atoms. The molecule has 3 nitrogen and oxygen atoms in total. The lowest BCUT2D eigenvalue weighted by molar-refractivity contribution is -0.137. The maximum Gasteiger partial charge on any atom is 0.416 e. The molecule has 1 amide bonds. The number of alkyl halides is 3. The average molecular weight is 247 g/mol. The molecule has 1 atom stereocenters. The average Bonchev–Trinajstić information content (AvgIpc) is 2.27. The highest BCUT2D eigenvalue weighted by Gasteiger charge is 2.30. The number of carbonyl (C=O) groups is 1. The molecule has 0 heterocycles. The third kappa shape index (κ3) is 3.74. The first kappa shape index (κ1) is 13.5. The van der Waals surface area contributed by atoms with Crippen molar-refractivity contribution in [1.29, 1.82) is 0 Å². The number of aliphatic hydroxyl groups excluding tert-OH is 1. The van der Waals surface area contributed by atoms with Gasteiger partial charge in [0, 0.05) is 11.6 Å². The molecule has 0 fully saturated rings. The van der Waals surface area contributed by atoms with Crippen LogP contribution in [0.2, 0.25) is 0 Å². The highest BCUT2D eigenvalue weighted by Crippen LogP contribution is 2.28. The molecule has 0 aromatic heterocycles. The van der Waals surface area contributed by atoms with E-state index in [0.29, 0.717) is 0 Å². The SMILES string of the molecule is C[C@@H](CO)NC(=O)c1ccc(C(F)(F)F)cc1. The van der Waals surface area contributed by atoms with Crippen molar-refractivity contribution in [3.05, 3.63) is 35.4 Å². The molecule has 1 rings (SSSR count). The van der Waals surface area contributed by atoms with Gasteiger partial charge in [-0.15, -0.1) is 0 Å². The zero-order valence-electron chi connectivity index (χ0n) is 9.08. The van der Waals surface area contributed by atoms with Crippen molar-refractivity contribution in [1.82, 2.24) is 5.32 Å². The van der Waals surface area contributed by atoms with Crippen molar-refractivity contribution in [2.45, 2.75) is 19.1 Å². The molecule has 0 aliphatic carbocycles. The molecule has 0 unspecified atom stereocenters. The van der Waals surface area contributed by atoms with Crippen LogP contribution >= 0.6 is 0 Å². The molecular weight excluding hydrogens is 235 g/mol. The zero-order chi connectivity index (χ0) is 13.1. The lowest BCUT2D eigenvalue weighted by Gasteiger charge is -2.11. The number of benzene rings is 1. The minimum absolute atomic E-state index is 0.123. The number of carbonyl (C=O) groups excluding carboxylic acids is 1. The van der Waals surface area contributed by atoms with Gasteiger partial charge in [-0.2, -0.15) is 13.2 Å². The molecule has 0 aliphatic rings. The van der Waals surface area contributed by atoms with Gasteiger partial charge in [-0.1, -0.05) is 0 Å². The van der Waals surface area contributed by atoms with E-state index in [1.54, 1.807) is 6.92 Å². The predicted molar refractivity (Wildman–Crippen MR) is 55.5 cm³/mol. The van der Waals surface area contributed by atoms with E-state index in [4.69, 9.17) is 5.11 Å². The summed E-state index contributed by atoms with van der Waals surface area (Å²) in [6.07, 6.45) is -4.41. The van der Waals surface area contributed by atoms with Crippen LogP contribution in [0.5, 0.6) is 0 Å². The van der Waals surface area contributed by atoms with Gasteiger partial charge in [0.15, 0.2) is 0 Å². The molecule has 1 aromatic carbocycles. The first-order valence-electron chi connectivity index (χ1n) is 4.93. The standard InChI is InChI=1S/C11H12F3NO2/c1-7(6-16)15-10(17)8-2-4-9(5-3-8)11(12,13)14/h2-5,7,16H,6H2,1H3,(H,15,17)/t7-/m0/s1. The smallest absolute Gasteiger partial charge is 0.394 e. The summed E-state index contributed by atoms with van der Waals surface area (Å²) in [6.45, 7) is 1.36. The molecule has 0 saturated carbocycles. The number of hydrogen-bond acceptors (Lipinski definition) is 2. The van der Waals surface area contributed by atoms with Gasteiger partial charge in [0.1, 0.15) is 0 Å². The summed E-state index contributed by atoms with van der Waals surface area (Å²) >= 11 is 0. The Morgan fingerprint density at radius 3 is 2.29 bits per heavy atom. The Kier molecular flexibility index (Phi) is 4.11. The summed E-state index contributed by atoms with van der Waals surface area (Å²) in [5.41, 5.74) is -0.678. The number of hydrogen-bond donors (Lipinski definition) is 2. The molecule has 94 valence electrons. The second kappa shape index (κ2) is 5.18. The topological polar surface area (TPSA) is 49.3 Å². The highest BCUT2D eigenvalue weighted by molar-refractivity contribution is 5.94. The maximum atomic E-state index is 12.3. The van der Waals surface area contributed by atoms with Crippen molar-refractivity contribution in [3.8, 4) is 0 Å². The minimum atomic E-state index is -4.41. The second-order valence-corrected chi connectivity index (χ2v) is 3.63. The lowest BCUT2D eigenvalue weighted by Crippen LogP contribution is -2.34. The molecule has 0 radical (unpaired) electrons. The van der Waals surface area contributed by atoms with Gasteiger partial charge in [-0.25, -0.2) is 0 Å². The van der Waals surface area contributed by atoms with Gasteiger partial charge in [-0.05, 0) is 31.2 Å². The molecule has 0 aliphatic heterocycles. The van der Waals surface area contributed by atoms with E-state index < -0.39 is 23.7 Å². The number of halogens is 3. The summed E-state index contributed by atoms with van der Waals surface area (Å²) in [5.74, 6) is -0.514. The third-order valence-electron chi connectivity index (χ3n) is 2.13. The van der Waals surface area contributed by atoms with E-state index in [9.17, 15) is 18.0 Å². The van der Waals surface area contributed by atoms with Crippen LogP contribution in [0.1, 0.15) is 22.8 Å². The Balaban J connectivity index is 2.78. The second-order valence-electron chi connectivity index (χ2n) is 3.63. The van der Waals surface area contributed by atoms with Crippen LogP contribution < -0.4 is 5.32 Å². The number of nitrogens with one attached hydrogen (secondary N) is 1. The van der Waals surface area contributed by atoms with Crippen LogP contribution in [-0.4, -0.2) is 23.7 Å². The largest absolute Gasteiger partial charge is 0.416 e. The predicted octanol–water partition coefficient (Wildman–Crippen LogP) is 1.82. The van der Waals surface area contributed by atoms with E-state index >= 15 is 0 Å². The summed E-state index contributed by atoms with van der Waals surface area (Å²) < 4.78 is 36.8. The number of aliphatic hydroxyl groups is 1. The quantitative estimate of drug-likeness (QED) is 0.855. The summed E-state index contributed by atoms with van der Waals surface area (Å²) in [6, 6.07) is 3.45. The van der Waals surface area contributed by atoms with Crippen molar-refractivity contribution in [2.75, 3.05) is 6.61 Å². The molecular formula is C11H12F3NO2. The van der Waals surface area contributed by atoms with E-state index in [1.165, 1.54) is 0 Å². The van der Waals surface area contributed by atoms with Crippen molar-refractivity contribution >= 4 is 5.91 Å². The van der Waals surface area contributed by atoms with Gasteiger partial charge in [0.2, 0.25) is 0 Å². The Labute approximate surface area is 96.3 Å². The fraction of sp³-hybridized carbons (Fsp3) is 0.364. The fourth-order valence-corrected chi connectivity index (χ4v) is 1.16.